The average Bonchev–Trinajstić information content (AvgIpc) is 2.15. The Morgan fingerprint density at radius 3 is 2.81 bits per heavy atom. The molecular weight excluding hydrogens is 291 g/mol. The summed E-state index contributed by atoms with van der Waals surface area (Å²) in [7, 11) is 0. The molecule has 0 fully saturated rings. The third-order valence-electron chi connectivity index (χ3n) is 2.01. The van der Waals surface area contributed by atoms with Gasteiger partial charge in [0.15, 0.2) is 0 Å². The van der Waals surface area contributed by atoms with Crippen molar-refractivity contribution in [3.05, 3.63) is 33.3 Å². The highest BCUT2D eigenvalue weighted by molar-refractivity contribution is 9.10. The maximum absolute atomic E-state index is 11.7. The van der Waals surface area contributed by atoms with Crippen molar-refractivity contribution >= 4 is 33.4 Å². The first-order valence-corrected chi connectivity index (χ1v) is 6.16. The van der Waals surface area contributed by atoms with Gasteiger partial charge in [-0.3, -0.25) is 4.79 Å². The molecule has 1 amide bonds. The van der Waals surface area contributed by atoms with Gasteiger partial charge in [0, 0.05) is 27.6 Å². The van der Waals surface area contributed by atoms with Crippen LogP contribution in [0.15, 0.2) is 22.7 Å². The van der Waals surface area contributed by atoms with Gasteiger partial charge in [-0.25, -0.2) is 0 Å². The molecule has 0 saturated carbocycles. The molecule has 0 aliphatic heterocycles. The summed E-state index contributed by atoms with van der Waals surface area (Å²) in [6, 6.07) is 5.19. The molecule has 1 unspecified atom stereocenters. The number of carbonyl (C=O) groups is 1. The first-order chi connectivity index (χ1) is 7.49. The molecular formula is C11H14BrClN2O. The van der Waals surface area contributed by atoms with Gasteiger partial charge in [0.2, 0.25) is 0 Å². The predicted molar refractivity (Wildman–Crippen MR) is 69.8 cm³/mol. The summed E-state index contributed by atoms with van der Waals surface area (Å²) in [5.41, 5.74) is 6.13. The quantitative estimate of drug-likeness (QED) is 0.898. The highest BCUT2D eigenvalue weighted by Gasteiger charge is 2.07. The summed E-state index contributed by atoms with van der Waals surface area (Å²) in [6.07, 6.45) is 0.757. The Bertz CT molecular complexity index is 362. The first kappa shape index (κ1) is 13.5. The van der Waals surface area contributed by atoms with Gasteiger partial charge in [-0.2, -0.15) is 0 Å². The second kappa shape index (κ2) is 6.23. The van der Waals surface area contributed by atoms with Crippen molar-refractivity contribution in [1.29, 1.82) is 0 Å². The SMILES string of the molecule is CC(N)CCNC(=O)c1cc(Cl)cc(Br)c1. The van der Waals surface area contributed by atoms with Crippen LogP contribution in [0.3, 0.4) is 0 Å². The van der Waals surface area contributed by atoms with Crippen LogP contribution in [0.1, 0.15) is 23.7 Å². The zero-order valence-corrected chi connectivity index (χ0v) is 11.3. The van der Waals surface area contributed by atoms with Gasteiger partial charge >= 0.3 is 0 Å². The summed E-state index contributed by atoms with van der Waals surface area (Å²) < 4.78 is 0.789. The lowest BCUT2D eigenvalue weighted by molar-refractivity contribution is 0.0952. The Morgan fingerprint density at radius 2 is 2.25 bits per heavy atom. The normalized spacial score (nSPS) is 12.2. The van der Waals surface area contributed by atoms with E-state index in [1.807, 2.05) is 6.92 Å². The lowest BCUT2D eigenvalue weighted by atomic mass is 10.2. The van der Waals surface area contributed by atoms with Gasteiger partial charge < -0.3 is 11.1 Å². The minimum absolute atomic E-state index is 0.0893. The average molecular weight is 306 g/mol. The highest BCUT2D eigenvalue weighted by atomic mass is 79.9. The molecule has 16 heavy (non-hydrogen) atoms. The van der Waals surface area contributed by atoms with Crippen molar-refractivity contribution in [2.24, 2.45) is 5.73 Å². The minimum atomic E-state index is -0.135. The molecule has 0 saturated heterocycles. The molecule has 0 radical (unpaired) electrons. The van der Waals surface area contributed by atoms with E-state index in [4.69, 9.17) is 17.3 Å². The zero-order chi connectivity index (χ0) is 12.1. The molecule has 0 spiro atoms. The van der Waals surface area contributed by atoms with Crippen LogP contribution in [-0.2, 0) is 0 Å². The smallest absolute Gasteiger partial charge is 0.251 e. The van der Waals surface area contributed by atoms with E-state index in [1.165, 1.54) is 0 Å². The van der Waals surface area contributed by atoms with Gasteiger partial charge in [0.1, 0.15) is 0 Å². The zero-order valence-electron chi connectivity index (χ0n) is 8.97. The van der Waals surface area contributed by atoms with Crippen molar-refractivity contribution < 1.29 is 4.79 Å². The third-order valence-corrected chi connectivity index (χ3v) is 2.69. The van der Waals surface area contributed by atoms with Crippen molar-refractivity contribution in [3.8, 4) is 0 Å². The van der Waals surface area contributed by atoms with E-state index in [0.29, 0.717) is 17.1 Å². The number of hydrogen-bond acceptors (Lipinski definition) is 2. The fourth-order valence-corrected chi connectivity index (χ4v) is 2.06. The number of hydrogen-bond donors (Lipinski definition) is 2. The highest BCUT2D eigenvalue weighted by Crippen LogP contribution is 2.19. The van der Waals surface area contributed by atoms with Crippen LogP contribution in [0, 0.1) is 0 Å². The van der Waals surface area contributed by atoms with Crippen molar-refractivity contribution in [1.82, 2.24) is 5.32 Å². The minimum Gasteiger partial charge on any atom is -0.352 e. The Morgan fingerprint density at radius 1 is 1.56 bits per heavy atom. The molecule has 0 aliphatic rings. The van der Waals surface area contributed by atoms with E-state index in [9.17, 15) is 4.79 Å². The largest absolute Gasteiger partial charge is 0.352 e. The summed E-state index contributed by atoms with van der Waals surface area (Å²) in [6.45, 7) is 2.47. The monoisotopic (exact) mass is 304 g/mol. The Kier molecular flexibility index (Phi) is 5.25. The fraction of sp³-hybridized carbons (Fsp3) is 0.364. The first-order valence-electron chi connectivity index (χ1n) is 4.99. The Balaban J connectivity index is 2.59. The number of carbonyl (C=O) groups excluding carboxylic acids is 1. The van der Waals surface area contributed by atoms with Gasteiger partial charge in [0.05, 0.1) is 0 Å². The summed E-state index contributed by atoms with van der Waals surface area (Å²) in [5, 5.41) is 3.32. The van der Waals surface area contributed by atoms with Crippen LogP contribution >= 0.6 is 27.5 Å². The number of benzene rings is 1. The van der Waals surface area contributed by atoms with Crippen LogP contribution < -0.4 is 11.1 Å². The second-order valence-electron chi connectivity index (χ2n) is 3.68. The van der Waals surface area contributed by atoms with E-state index in [-0.39, 0.29) is 11.9 Å². The van der Waals surface area contributed by atoms with E-state index in [1.54, 1.807) is 18.2 Å². The molecule has 1 aromatic rings. The van der Waals surface area contributed by atoms with E-state index in [0.717, 1.165) is 10.9 Å². The number of nitrogens with one attached hydrogen (secondary N) is 1. The molecule has 5 heteroatoms. The van der Waals surface area contributed by atoms with Crippen LogP contribution in [0.2, 0.25) is 5.02 Å². The van der Waals surface area contributed by atoms with Crippen LogP contribution in [0.5, 0.6) is 0 Å². The van der Waals surface area contributed by atoms with Crippen molar-refractivity contribution in [2.75, 3.05) is 6.54 Å². The number of nitrogens with two attached hydrogens (primary N) is 1. The maximum Gasteiger partial charge on any atom is 0.251 e. The Labute approximate surface area is 108 Å². The van der Waals surface area contributed by atoms with Gasteiger partial charge in [-0.15, -0.1) is 0 Å². The number of amides is 1. The summed E-state index contributed by atoms with van der Waals surface area (Å²) in [5.74, 6) is -0.135. The molecule has 1 rings (SSSR count). The second-order valence-corrected chi connectivity index (χ2v) is 5.03. The standard InChI is InChI=1S/C11H14BrClN2O/c1-7(14)2-3-15-11(16)8-4-9(12)6-10(13)5-8/h4-7H,2-3,14H2,1H3,(H,15,16). The van der Waals surface area contributed by atoms with Crippen LogP contribution in [-0.4, -0.2) is 18.5 Å². The molecule has 0 aliphatic carbocycles. The van der Waals surface area contributed by atoms with Crippen LogP contribution in [0.25, 0.3) is 0 Å². The molecule has 0 bridgehead atoms. The Hall–Kier alpha value is -0.580. The van der Waals surface area contributed by atoms with Crippen LogP contribution in [0.4, 0.5) is 0 Å². The molecule has 0 aromatic heterocycles. The van der Waals surface area contributed by atoms with Crippen molar-refractivity contribution in [3.63, 3.8) is 0 Å². The van der Waals surface area contributed by atoms with Gasteiger partial charge in [-0.05, 0) is 31.5 Å². The van der Waals surface area contributed by atoms with Crippen molar-refractivity contribution in [2.45, 2.75) is 19.4 Å². The van der Waals surface area contributed by atoms with Gasteiger partial charge in [0.25, 0.3) is 5.91 Å². The molecule has 0 heterocycles. The topological polar surface area (TPSA) is 55.1 Å². The number of rotatable bonds is 4. The van der Waals surface area contributed by atoms with Gasteiger partial charge in [-0.1, -0.05) is 27.5 Å². The lowest BCUT2D eigenvalue weighted by Gasteiger charge is -2.07. The van der Waals surface area contributed by atoms with E-state index < -0.39 is 0 Å². The summed E-state index contributed by atoms with van der Waals surface area (Å²) >= 11 is 9.14. The summed E-state index contributed by atoms with van der Waals surface area (Å²) in [4.78, 5) is 11.7. The lowest BCUT2D eigenvalue weighted by Crippen LogP contribution is -2.28. The number of halogens is 2. The van der Waals surface area contributed by atoms with E-state index >= 15 is 0 Å². The predicted octanol–water partition coefficient (Wildman–Crippen LogP) is 2.57. The molecule has 3 N–H and O–H groups in total. The molecule has 1 aromatic carbocycles. The maximum atomic E-state index is 11.7. The molecule has 3 nitrogen and oxygen atoms in total. The molecule has 1 atom stereocenters. The molecule has 88 valence electrons. The van der Waals surface area contributed by atoms with E-state index in [2.05, 4.69) is 21.2 Å². The third kappa shape index (κ3) is 4.51. The fourth-order valence-electron chi connectivity index (χ4n) is 1.20.